The molecule has 0 heterocycles. The van der Waals surface area contributed by atoms with Crippen LogP contribution in [0.25, 0.3) is 0 Å². The lowest BCUT2D eigenvalue weighted by atomic mass is 10.2. The van der Waals surface area contributed by atoms with Crippen LogP contribution in [0.1, 0.15) is 12.5 Å². The molecule has 1 aromatic rings. The van der Waals surface area contributed by atoms with Crippen LogP contribution in [-0.4, -0.2) is 36.2 Å². The van der Waals surface area contributed by atoms with Crippen molar-refractivity contribution in [3.63, 3.8) is 0 Å². The van der Waals surface area contributed by atoms with E-state index in [9.17, 15) is 4.79 Å². The van der Waals surface area contributed by atoms with Crippen molar-refractivity contribution in [2.24, 2.45) is 4.40 Å². The SMILES string of the molecule is C=C(NOC(=O)N(C)SN=C(OCC)c1c(Cl)cccc1Cl)SC. The van der Waals surface area contributed by atoms with E-state index in [2.05, 4.69) is 16.5 Å². The lowest BCUT2D eigenvalue weighted by Gasteiger charge is -2.15. The van der Waals surface area contributed by atoms with E-state index in [1.54, 1.807) is 31.4 Å². The van der Waals surface area contributed by atoms with E-state index in [1.165, 1.54) is 23.1 Å². The number of carbonyl (C=O) groups excluding carboxylic acids is 1. The molecule has 1 rings (SSSR count). The lowest BCUT2D eigenvalue weighted by molar-refractivity contribution is 0.0974. The highest BCUT2D eigenvalue weighted by molar-refractivity contribution is 8.02. The molecule has 1 aromatic carbocycles. The van der Waals surface area contributed by atoms with Crippen LogP contribution in [0, 0.1) is 0 Å². The standard InChI is InChI=1S/C14H17Cl2N3O3S2/c1-5-21-13(12-10(15)7-6-8-11(12)16)18-24-19(3)14(20)22-17-9(2)23-4/h6-8,17H,2,5H2,1,3-4H3. The van der Waals surface area contributed by atoms with Gasteiger partial charge in [-0.2, -0.15) is 4.40 Å². The molecule has 0 bridgehead atoms. The molecule has 0 aromatic heterocycles. The summed E-state index contributed by atoms with van der Waals surface area (Å²) in [4.78, 5) is 16.6. The van der Waals surface area contributed by atoms with E-state index in [4.69, 9.17) is 32.8 Å². The molecule has 6 nitrogen and oxygen atoms in total. The summed E-state index contributed by atoms with van der Waals surface area (Å²) in [5, 5.41) is 1.31. The van der Waals surface area contributed by atoms with Gasteiger partial charge in [-0.3, -0.25) is 0 Å². The first-order chi connectivity index (χ1) is 11.4. The maximum Gasteiger partial charge on any atom is 0.445 e. The van der Waals surface area contributed by atoms with Crippen molar-refractivity contribution in [3.8, 4) is 0 Å². The second kappa shape index (κ2) is 10.6. The van der Waals surface area contributed by atoms with Gasteiger partial charge in [0.1, 0.15) is 12.1 Å². The third-order valence-electron chi connectivity index (χ3n) is 2.46. The molecule has 0 aliphatic carbocycles. The second-order valence-electron chi connectivity index (χ2n) is 4.10. The fraction of sp³-hybridized carbons (Fsp3) is 0.286. The molecule has 0 saturated heterocycles. The Morgan fingerprint density at radius 2 is 2.04 bits per heavy atom. The van der Waals surface area contributed by atoms with Gasteiger partial charge >= 0.3 is 6.09 Å². The number of thioether (sulfide) groups is 1. The number of ether oxygens (including phenoxy) is 1. The molecular formula is C14H17Cl2N3O3S2. The molecule has 0 aliphatic heterocycles. The summed E-state index contributed by atoms with van der Waals surface area (Å²) in [6.45, 7) is 5.81. The molecule has 0 aliphatic rings. The van der Waals surface area contributed by atoms with Gasteiger partial charge in [0.2, 0.25) is 5.90 Å². The lowest BCUT2D eigenvalue weighted by Crippen LogP contribution is -2.26. The summed E-state index contributed by atoms with van der Waals surface area (Å²) in [6, 6.07) is 5.08. The summed E-state index contributed by atoms with van der Waals surface area (Å²) in [5.41, 5.74) is 2.88. The van der Waals surface area contributed by atoms with Gasteiger partial charge in [-0.25, -0.2) is 14.6 Å². The van der Waals surface area contributed by atoms with Crippen molar-refractivity contribution >= 4 is 59.1 Å². The molecule has 0 spiro atoms. The van der Waals surface area contributed by atoms with Gasteiger partial charge in [0, 0.05) is 7.05 Å². The maximum absolute atomic E-state index is 11.8. The Hall–Kier alpha value is -1.22. The van der Waals surface area contributed by atoms with Crippen molar-refractivity contribution in [3.05, 3.63) is 45.4 Å². The molecule has 0 unspecified atom stereocenters. The Bertz CT molecular complexity index is 609. The summed E-state index contributed by atoms with van der Waals surface area (Å²) in [7, 11) is 1.50. The van der Waals surface area contributed by atoms with Crippen LogP contribution in [0.15, 0.2) is 34.2 Å². The number of benzene rings is 1. The topological polar surface area (TPSA) is 63.2 Å². The quantitative estimate of drug-likeness (QED) is 0.303. The van der Waals surface area contributed by atoms with Crippen LogP contribution in [0.3, 0.4) is 0 Å². The molecule has 1 amide bonds. The minimum atomic E-state index is -0.653. The minimum Gasteiger partial charge on any atom is -0.477 e. The molecule has 0 atom stereocenters. The number of hydrogen-bond donors (Lipinski definition) is 1. The Labute approximate surface area is 159 Å². The third-order valence-corrected chi connectivity index (χ3v) is 4.31. The number of rotatable bonds is 7. The first-order valence-corrected chi connectivity index (χ1v) is 9.37. The van der Waals surface area contributed by atoms with Gasteiger partial charge < -0.3 is 9.57 Å². The zero-order valence-corrected chi connectivity index (χ0v) is 16.5. The predicted molar refractivity (Wildman–Crippen MR) is 102 cm³/mol. The number of amides is 1. The minimum absolute atomic E-state index is 0.222. The summed E-state index contributed by atoms with van der Waals surface area (Å²) in [6.07, 6.45) is 1.15. The van der Waals surface area contributed by atoms with E-state index in [1.807, 2.05) is 0 Å². The maximum atomic E-state index is 11.8. The molecular weight excluding hydrogens is 393 g/mol. The highest BCUT2D eigenvalue weighted by Gasteiger charge is 2.17. The summed E-state index contributed by atoms with van der Waals surface area (Å²) >= 11 is 14.5. The predicted octanol–water partition coefficient (Wildman–Crippen LogP) is 4.75. The molecule has 10 heteroatoms. The highest BCUT2D eigenvalue weighted by atomic mass is 35.5. The first kappa shape index (κ1) is 20.8. The number of hydroxylamine groups is 1. The Kier molecular flexibility index (Phi) is 9.20. The number of hydrogen-bond acceptors (Lipinski definition) is 7. The van der Waals surface area contributed by atoms with Crippen LogP contribution >= 0.6 is 47.1 Å². The smallest absolute Gasteiger partial charge is 0.445 e. The average molecular weight is 410 g/mol. The molecule has 0 fully saturated rings. The van der Waals surface area contributed by atoms with Crippen LogP contribution in [0.2, 0.25) is 10.0 Å². The van der Waals surface area contributed by atoms with Crippen LogP contribution < -0.4 is 5.48 Å². The zero-order chi connectivity index (χ0) is 18.1. The number of nitrogens with one attached hydrogen (secondary N) is 1. The van der Waals surface area contributed by atoms with Crippen molar-refractivity contribution in [2.75, 3.05) is 19.9 Å². The zero-order valence-electron chi connectivity index (χ0n) is 13.3. The van der Waals surface area contributed by atoms with Crippen molar-refractivity contribution < 1.29 is 14.4 Å². The second-order valence-corrected chi connectivity index (χ2v) is 6.71. The largest absolute Gasteiger partial charge is 0.477 e. The van der Waals surface area contributed by atoms with Crippen LogP contribution in [0.4, 0.5) is 4.79 Å². The van der Waals surface area contributed by atoms with Crippen LogP contribution in [-0.2, 0) is 9.57 Å². The Balaban J connectivity index is 2.82. The fourth-order valence-electron chi connectivity index (χ4n) is 1.32. The van der Waals surface area contributed by atoms with Gasteiger partial charge in [-0.05, 0) is 25.3 Å². The average Bonchev–Trinajstić information content (AvgIpc) is 2.56. The number of halogens is 2. The highest BCUT2D eigenvalue weighted by Crippen LogP contribution is 2.27. The molecule has 0 saturated carbocycles. The summed E-state index contributed by atoms with van der Waals surface area (Å²) < 4.78 is 10.8. The van der Waals surface area contributed by atoms with Gasteiger partial charge in [-0.15, -0.1) is 11.8 Å². The van der Waals surface area contributed by atoms with E-state index in [-0.39, 0.29) is 5.90 Å². The van der Waals surface area contributed by atoms with Crippen molar-refractivity contribution in [2.45, 2.75) is 6.92 Å². The van der Waals surface area contributed by atoms with Gasteiger partial charge in [0.15, 0.2) is 0 Å². The summed E-state index contributed by atoms with van der Waals surface area (Å²) in [5.74, 6) is 0.222. The molecule has 1 N–H and O–H groups in total. The Morgan fingerprint density at radius 1 is 1.42 bits per heavy atom. The number of nitrogens with zero attached hydrogens (tertiary/aromatic N) is 2. The third kappa shape index (κ3) is 6.35. The van der Waals surface area contributed by atoms with E-state index in [0.717, 1.165) is 12.1 Å². The molecule has 24 heavy (non-hydrogen) atoms. The van der Waals surface area contributed by atoms with Gasteiger partial charge in [0.25, 0.3) is 0 Å². The molecule has 132 valence electrons. The fourth-order valence-corrected chi connectivity index (χ4v) is 2.45. The van der Waals surface area contributed by atoms with Crippen LogP contribution in [0.5, 0.6) is 0 Å². The van der Waals surface area contributed by atoms with Crippen molar-refractivity contribution in [1.29, 1.82) is 0 Å². The van der Waals surface area contributed by atoms with E-state index < -0.39 is 6.09 Å². The van der Waals surface area contributed by atoms with E-state index >= 15 is 0 Å². The Morgan fingerprint density at radius 3 is 2.58 bits per heavy atom. The first-order valence-electron chi connectivity index (χ1n) is 6.66. The number of carbonyl (C=O) groups is 1. The monoisotopic (exact) mass is 409 g/mol. The molecule has 0 radical (unpaired) electrons. The normalized spacial score (nSPS) is 11.0. The van der Waals surface area contributed by atoms with Gasteiger partial charge in [-0.1, -0.05) is 35.8 Å². The van der Waals surface area contributed by atoms with E-state index in [0.29, 0.717) is 27.2 Å². The van der Waals surface area contributed by atoms with Gasteiger partial charge in [0.05, 0.1) is 27.2 Å². The van der Waals surface area contributed by atoms with Crippen molar-refractivity contribution in [1.82, 2.24) is 9.79 Å².